The largest absolute Gasteiger partial charge is 0.755 e. The zero-order valence-corrected chi connectivity index (χ0v) is 8.70. The predicted octanol–water partition coefficient (Wildman–Crippen LogP) is -0.852. The van der Waals surface area contributed by atoms with Gasteiger partial charge in [0.2, 0.25) is 19.3 Å². The van der Waals surface area contributed by atoms with Gasteiger partial charge in [0, 0.05) is 17.5 Å². The Hall–Kier alpha value is -0.580. The van der Waals surface area contributed by atoms with Crippen molar-refractivity contribution in [1.82, 2.24) is 10.2 Å². The number of anilines is 1. The molecule has 0 amide bonds. The number of nitrogens with zero attached hydrogens (tertiary/aromatic N) is 2. The zero-order chi connectivity index (χ0) is 10.1. The van der Waals surface area contributed by atoms with Gasteiger partial charge in [-0.25, -0.2) is 8.42 Å². The van der Waals surface area contributed by atoms with E-state index in [1.54, 1.807) is 0 Å². The Kier molecular flexibility index (Phi) is 2.95. The Bertz CT molecular complexity index is 423. The summed E-state index contributed by atoms with van der Waals surface area (Å²) < 4.78 is 43.6. The van der Waals surface area contributed by atoms with E-state index in [-0.39, 0.29) is 9.47 Å². The Labute approximate surface area is 80.5 Å². The topological polar surface area (TPSA) is 112 Å². The molecule has 0 aromatic carbocycles. The SMILES string of the molecule is CS(=O)(=O)c1nnc(NS(=O)[O-])s1. The van der Waals surface area contributed by atoms with Crippen molar-refractivity contribution in [1.29, 1.82) is 0 Å². The predicted molar refractivity (Wildman–Crippen MR) is 45.6 cm³/mol. The molecule has 1 aromatic heterocycles. The van der Waals surface area contributed by atoms with Gasteiger partial charge in [-0.15, -0.1) is 10.2 Å². The first-order chi connectivity index (χ1) is 5.89. The highest BCUT2D eigenvalue weighted by Crippen LogP contribution is 2.19. The Morgan fingerprint density at radius 2 is 2.15 bits per heavy atom. The fraction of sp³-hybridized carbons (Fsp3) is 0.333. The van der Waals surface area contributed by atoms with Gasteiger partial charge in [-0.1, -0.05) is 11.3 Å². The van der Waals surface area contributed by atoms with Crippen LogP contribution in [0.15, 0.2) is 4.34 Å². The number of rotatable bonds is 3. The molecule has 1 rings (SSSR count). The van der Waals surface area contributed by atoms with E-state index in [1.165, 1.54) is 0 Å². The summed E-state index contributed by atoms with van der Waals surface area (Å²) in [6, 6.07) is 0. The van der Waals surface area contributed by atoms with E-state index in [2.05, 4.69) is 10.2 Å². The molecule has 1 heterocycles. The fourth-order valence-corrected chi connectivity index (χ4v) is 2.39. The number of aromatic nitrogens is 2. The van der Waals surface area contributed by atoms with Crippen molar-refractivity contribution < 1.29 is 17.2 Å². The van der Waals surface area contributed by atoms with Crippen LogP contribution in [0.1, 0.15) is 0 Å². The van der Waals surface area contributed by atoms with E-state index in [0.29, 0.717) is 11.3 Å². The van der Waals surface area contributed by atoms with Crippen LogP contribution in [-0.4, -0.2) is 33.6 Å². The van der Waals surface area contributed by atoms with Crippen molar-refractivity contribution in [2.75, 3.05) is 11.0 Å². The summed E-state index contributed by atoms with van der Waals surface area (Å²) in [5.74, 6) is 0. The van der Waals surface area contributed by atoms with Crippen LogP contribution in [0, 0.1) is 0 Å². The third-order valence-electron chi connectivity index (χ3n) is 0.894. The van der Waals surface area contributed by atoms with Crippen molar-refractivity contribution in [3.63, 3.8) is 0 Å². The summed E-state index contributed by atoms with van der Waals surface area (Å²) in [4.78, 5) is 0. The molecule has 0 aliphatic carbocycles. The maximum Gasteiger partial charge on any atom is 0.234 e. The Morgan fingerprint density at radius 1 is 1.54 bits per heavy atom. The Morgan fingerprint density at radius 3 is 2.54 bits per heavy atom. The van der Waals surface area contributed by atoms with Gasteiger partial charge in [0.1, 0.15) is 0 Å². The zero-order valence-electron chi connectivity index (χ0n) is 6.25. The third-order valence-corrected chi connectivity index (χ3v) is 3.89. The van der Waals surface area contributed by atoms with Crippen LogP contribution in [0.5, 0.6) is 0 Å². The lowest BCUT2D eigenvalue weighted by molar-refractivity contribution is 0.542. The molecule has 1 unspecified atom stereocenters. The van der Waals surface area contributed by atoms with Crippen molar-refractivity contribution in [3.8, 4) is 0 Å². The molecular weight excluding hydrogens is 238 g/mol. The molecule has 7 nitrogen and oxygen atoms in total. The summed E-state index contributed by atoms with van der Waals surface area (Å²) in [7, 11) is -3.41. The highest BCUT2D eigenvalue weighted by Gasteiger charge is 2.13. The van der Waals surface area contributed by atoms with Crippen LogP contribution >= 0.6 is 11.3 Å². The van der Waals surface area contributed by atoms with Crippen LogP contribution in [0.4, 0.5) is 5.13 Å². The molecule has 1 aromatic rings. The van der Waals surface area contributed by atoms with Gasteiger partial charge in [-0.05, 0) is 0 Å². The molecular formula is C3H4N3O4S3-. The number of hydrogen-bond donors (Lipinski definition) is 1. The second-order valence-electron chi connectivity index (χ2n) is 1.98. The molecule has 10 heteroatoms. The molecule has 0 saturated heterocycles. The first-order valence-electron chi connectivity index (χ1n) is 2.79. The lowest BCUT2D eigenvalue weighted by atomic mass is 11.3. The molecule has 0 spiro atoms. The van der Waals surface area contributed by atoms with Crippen LogP contribution in [0.2, 0.25) is 0 Å². The summed E-state index contributed by atoms with van der Waals surface area (Å²) >= 11 is -1.86. The summed E-state index contributed by atoms with van der Waals surface area (Å²) in [6.45, 7) is 0. The van der Waals surface area contributed by atoms with Gasteiger partial charge in [-0.3, -0.25) is 8.93 Å². The minimum absolute atomic E-state index is 0.0752. The number of nitrogens with one attached hydrogen (secondary N) is 1. The molecule has 0 aliphatic heterocycles. The first-order valence-corrected chi connectivity index (χ1v) is 6.57. The van der Waals surface area contributed by atoms with E-state index >= 15 is 0 Å². The molecule has 0 saturated carbocycles. The van der Waals surface area contributed by atoms with E-state index in [9.17, 15) is 17.2 Å². The fourth-order valence-electron chi connectivity index (χ4n) is 0.472. The van der Waals surface area contributed by atoms with Gasteiger partial charge in [0.15, 0.2) is 0 Å². The van der Waals surface area contributed by atoms with E-state index in [1.807, 2.05) is 4.72 Å². The summed E-state index contributed by atoms with van der Waals surface area (Å²) in [6.07, 6.45) is 0.964. The first kappa shape index (κ1) is 10.5. The van der Waals surface area contributed by atoms with Gasteiger partial charge < -0.3 is 4.55 Å². The molecule has 13 heavy (non-hydrogen) atoms. The number of hydrogen-bond acceptors (Lipinski definition) is 7. The maximum absolute atomic E-state index is 10.9. The second kappa shape index (κ2) is 3.65. The molecule has 74 valence electrons. The van der Waals surface area contributed by atoms with E-state index in [0.717, 1.165) is 6.26 Å². The van der Waals surface area contributed by atoms with E-state index < -0.39 is 21.1 Å². The average molecular weight is 242 g/mol. The average Bonchev–Trinajstić information content (AvgIpc) is 2.32. The van der Waals surface area contributed by atoms with Crippen molar-refractivity contribution in [3.05, 3.63) is 0 Å². The standard InChI is InChI=1S/C3H5N3O4S3/c1-13(9,10)3-5-4-2(11-3)6-12(7)8/h1H3,(H,4,6)(H,7,8)/p-1. The molecule has 0 radical (unpaired) electrons. The lowest BCUT2D eigenvalue weighted by Crippen LogP contribution is -2.01. The van der Waals surface area contributed by atoms with Crippen molar-refractivity contribution in [2.45, 2.75) is 4.34 Å². The summed E-state index contributed by atoms with van der Waals surface area (Å²) in [5, 5.41) is 6.52. The highest BCUT2D eigenvalue weighted by molar-refractivity contribution is 7.92. The number of sulfone groups is 1. The minimum Gasteiger partial charge on any atom is -0.755 e. The van der Waals surface area contributed by atoms with Crippen molar-refractivity contribution >= 4 is 37.6 Å². The quantitative estimate of drug-likeness (QED) is 0.691. The Balaban J connectivity index is 2.94. The molecule has 0 aliphatic rings. The highest BCUT2D eigenvalue weighted by atomic mass is 32.2. The minimum atomic E-state index is -3.41. The van der Waals surface area contributed by atoms with Gasteiger partial charge in [-0.2, -0.15) is 0 Å². The van der Waals surface area contributed by atoms with Crippen LogP contribution in [-0.2, 0) is 21.1 Å². The molecule has 0 bridgehead atoms. The molecule has 1 N–H and O–H groups in total. The molecule has 1 atom stereocenters. The summed E-state index contributed by atoms with van der Waals surface area (Å²) in [5.41, 5.74) is 0. The smallest absolute Gasteiger partial charge is 0.234 e. The van der Waals surface area contributed by atoms with Gasteiger partial charge >= 0.3 is 0 Å². The van der Waals surface area contributed by atoms with Crippen LogP contribution < -0.4 is 4.72 Å². The lowest BCUT2D eigenvalue weighted by Gasteiger charge is -2.01. The van der Waals surface area contributed by atoms with Crippen LogP contribution in [0.25, 0.3) is 0 Å². The van der Waals surface area contributed by atoms with E-state index in [4.69, 9.17) is 0 Å². The van der Waals surface area contributed by atoms with Gasteiger partial charge in [0.05, 0.1) is 0 Å². The van der Waals surface area contributed by atoms with Gasteiger partial charge in [0.25, 0.3) is 0 Å². The normalized spacial score (nSPS) is 14.0. The maximum atomic E-state index is 10.9. The van der Waals surface area contributed by atoms with Crippen molar-refractivity contribution in [2.24, 2.45) is 0 Å². The monoisotopic (exact) mass is 242 g/mol. The molecule has 0 fully saturated rings. The second-order valence-corrected chi connectivity index (χ2v) is 5.82. The third kappa shape index (κ3) is 2.99. The van der Waals surface area contributed by atoms with Crippen LogP contribution in [0.3, 0.4) is 0 Å².